The highest BCUT2D eigenvalue weighted by Crippen LogP contribution is 2.20. The molecule has 3 N–H and O–H groups in total. The van der Waals surface area contributed by atoms with Gasteiger partial charge in [0.05, 0.1) is 0 Å². The zero-order valence-electron chi connectivity index (χ0n) is 18.1. The lowest BCUT2D eigenvalue weighted by Gasteiger charge is -2.34. The van der Waals surface area contributed by atoms with Crippen LogP contribution >= 0.6 is 11.6 Å². The van der Waals surface area contributed by atoms with Crippen LogP contribution in [0, 0.1) is 0 Å². The van der Waals surface area contributed by atoms with Crippen molar-refractivity contribution in [1.82, 2.24) is 15.6 Å². The van der Waals surface area contributed by atoms with Crippen LogP contribution in [0.3, 0.4) is 0 Å². The van der Waals surface area contributed by atoms with Gasteiger partial charge >= 0.3 is 6.03 Å². The Kier molecular flexibility index (Phi) is 7.42. The number of hydrogen-bond acceptors (Lipinski definition) is 4. The van der Waals surface area contributed by atoms with Crippen molar-refractivity contribution in [2.75, 3.05) is 23.3 Å². The van der Waals surface area contributed by atoms with Crippen LogP contribution in [-0.4, -0.2) is 36.1 Å². The number of piperidine rings is 1. The summed E-state index contributed by atoms with van der Waals surface area (Å²) in [6, 6.07) is 18.8. The topological polar surface area (TPSA) is 86.4 Å². The number of hydrogen-bond donors (Lipinski definition) is 3. The van der Waals surface area contributed by atoms with Crippen molar-refractivity contribution in [2.45, 2.75) is 24.9 Å². The first-order chi connectivity index (χ1) is 16.1. The van der Waals surface area contributed by atoms with Crippen molar-refractivity contribution in [2.24, 2.45) is 0 Å². The molecule has 1 fully saturated rings. The Morgan fingerprint density at radius 2 is 1.61 bits per heavy atom. The van der Waals surface area contributed by atoms with Crippen molar-refractivity contribution < 1.29 is 9.59 Å². The van der Waals surface area contributed by atoms with E-state index in [1.54, 1.807) is 36.7 Å². The molecule has 4 rings (SSSR count). The quantitative estimate of drug-likeness (QED) is 0.506. The fourth-order valence-corrected chi connectivity index (χ4v) is 4.02. The average molecular weight is 464 g/mol. The van der Waals surface area contributed by atoms with Gasteiger partial charge in [0.15, 0.2) is 0 Å². The van der Waals surface area contributed by atoms with E-state index in [2.05, 4.69) is 25.8 Å². The summed E-state index contributed by atoms with van der Waals surface area (Å²) in [6.45, 7) is 1.69. The predicted molar refractivity (Wildman–Crippen MR) is 130 cm³/mol. The van der Waals surface area contributed by atoms with Crippen molar-refractivity contribution in [3.05, 3.63) is 89.7 Å². The molecule has 33 heavy (non-hydrogen) atoms. The van der Waals surface area contributed by atoms with Gasteiger partial charge in [-0.05, 0) is 54.8 Å². The highest BCUT2D eigenvalue weighted by Gasteiger charge is 2.27. The SMILES string of the molecule is O=C(Nc1ccc(Cl)cc1)N[C@@H](C(=O)NC1CCN(c2ccncc2)CC1)c1ccccc1. The van der Waals surface area contributed by atoms with Crippen LogP contribution in [0.1, 0.15) is 24.4 Å². The molecule has 7 nitrogen and oxygen atoms in total. The van der Waals surface area contributed by atoms with E-state index in [0.717, 1.165) is 37.2 Å². The lowest BCUT2D eigenvalue weighted by Crippen LogP contribution is -2.49. The summed E-state index contributed by atoms with van der Waals surface area (Å²) in [6.07, 6.45) is 5.22. The van der Waals surface area contributed by atoms with Crippen molar-refractivity contribution in [3.8, 4) is 0 Å². The van der Waals surface area contributed by atoms with Gasteiger partial charge in [-0.3, -0.25) is 9.78 Å². The fourth-order valence-electron chi connectivity index (χ4n) is 3.90. The van der Waals surface area contributed by atoms with Gasteiger partial charge in [-0.2, -0.15) is 0 Å². The number of pyridine rings is 1. The van der Waals surface area contributed by atoms with Crippen LogP contribution < -0.4 is 20.9 Å². The van der Waals surface area contributed by atoms with Crippen molar-refractivity contribution >= 4 is 34.9 Å². The molecule has 1 saturated heterocycles. The van der Waals surface area contributed by atoms with E-state index in [0.29, 0.717) is 10.7 Å². The number of carbonyl (C=O) groups is 2. The Morgan fingerprint density at radius 1 is 0.939 bits per heavy atom. The molecule has 1 aliphatic heterocycles. The molecule has 2 aromatic carbocycles. The van der Waals surface area contributed by atoms with Crippen LogP contribution in [-0.2, 0) is 4.79 Å². The van der Waals surface area contributed by atoms with E-state index in [1.807, 2.05) is 42.5 Å². The largest absolute Gasteiger partial charge is 0.371 e. The highest BCUT2D eigenvalue weighted by atomic mass is 35.5. The predicted octanol–water partition coefficient (Wildman–Crippen LogP) is 4.38. The Balaban J connectivity index is 1.38. The molecule has 0 bridgehead atoms. The number of benzene rings is 2. The summed E-state index contributed by atoms with van der Waals surface area (Å²) in [7, 11) is 0. The number of nitrogens with zero attached hydrogens (tertiary/aromatic N) is 2. The molecule has 0 saturated carbocycles. The molecule has 2 heterocycles. The summed E-state index contributed by atoms with van der Waals surface area (Å²) >= 11 is 5.90. The number of aromatic nitrogens is 1. The molecular formula is C25H26ClN5O2. The second-order valence-electron chi connectivity index (χ2n) is 7.92. The van der Waals surface area contributed by atoms with Crippen LogP contribution in [0.25, 0.3) is 0 Å². The van der Waals surface area contributed by atoms with Crippen molar-refractivity contribution in [3.63, 3.8) is 0 Å². The van der Waals surface area contributed by atoms with Crippen LogP contribution in [0.5, 0.6) is 0 Å². The molecule has 1 atom stereocenters. The van der Waals surface area contributed by atoms with E-state index in [4.69, 9.17) is 11.6 Å². The van der Waals surface area contributed by atoms with Gasteiger partial charge in [0.25, 0.3) is 0 Å². The third-order valence-corrected chi connectivity index (χ3v) is 5.89. The number of urea groups is 1. The molecule has 1 aromatic heterocycles. The number of rotatable bonds is 6. The standard InChI is InChI=1S/C25H26ClN5O2/c26-19-6-8-20(9-7-19)29-25(33)30-23(18-4-2-1-3-5-18)24(32)28-21-12-16-31(17-13-21)22-10-14-27-15-11-22/h1-11,14-15,21,23H,12-13,16-17H2,(H,28,32)(H2,29,30,33)/t23-/m1/s1. The van der Waals surface area contributed by atoms with Crippen LogP contribution in [0.4, 0.5) is 16.2 Å². The highest BCUT2D eigenvalue weighted by molar-refractivity contribution is 6.30. The monoisotopic (exact) mass is 463 g/mol. The normalized spacial score (nSPS) is 14.9. The van der Waals surface area contributed by atoms with Gasteiger partial charge in [-0.25, -0.2) is 4.79 Å². The minimum absolute atomic E-state index is 0.0444. The zero-order chi connectivity index (χ0) is 23.0. The van der Waals surface area contributed by atoms with E-state index in [1.165, 1.54) is 0 Å². The Bertz CT molecular complexity index is 1060. The Hall–Kier alpha value is -3.58. The number of nitrogens with one attached hydrogen (secondary N) is 3. The molecule has 0 aliphatic carbocycles. The zero-order valence-corrected chi connectivity index (χ0v) is 18.8. The first-order valence-electron chi connectivity index (χ1n) is 10.9. The first-order valence-corrected chi connectivity index (χ1v) is 11.3. The first kappa shape index (κ1) is 22.6. The second kappa shape index (κ2) is 10.8. The third-order valence-electron chi connectivity index (χ3n) is 5.64. The lowest BCUT2D eigenvalue weighted by atomic mass is 10.0. The maximum Gasteiger partial charge on any atom is 0.320 e. The Morgan fingerprint density at radius 3 is 2.27 bits per heavy atom. The fraction of sp³-hybridized carbons (Fsp3) is 0.240. The van der Waals surface area contributed by atoms with Crippen LogP contribution in [0.2, 0.25) is 5.02 Å². The van der Waals surface area contributed by atoms with E-state index < -0.39 is 12.1 Å². The molecule has 3 amide bonds. The molecular weight excluding hydrogens is 438 g/mol. The van der Waals surface area contributed by atoms with Gasteiger partial charge in [-0.15, -0.1) is 0 Å². The molecule has 1 aliphatic rings. The molecule has 0 radical (unpaired) electrons. The summed E-state index contributed by atoms with van der Waals surface area (Å²) in [5.74, 6) is -0.227. The van der Waals surface area contributed by atoms with Gasteiger partial charge < -0.3 is 20.9 Å². The number of amides is 3. The van der Waals surface area contributed by atoms with E-state index >= 15 is 0 Å². The van der Waals surface area contributed by atoms with Gasteiger partial charge in [-0.1, -0.05) is 41.9 Å². The smallest absolute Gasteiger partial charge is 0.320 e. The summed E-state index contributed by atoms with van der Waals surface area (Å²) in [5.41, 5.74) is 2.44. The molecule has 170 valence electrons. The van der Waals surface area contributed by atoms with Crippen molar-refractivity contribution in [1.29, 1.82) is 0 Å². The molecule has 3 aromatic rings. The lowest BCUT2D eigenvalue weighted by molar-refractivity contribution is -0.123. The maximum absolute atomic E-state index is 13.2. The molecule has 8 heteroatoms. The van der Waals surface area contributed by atoms with Gasteiger partial charge in [0.2, 0.25) is 5.91 Å². The maximum atomic E-state index is 13.2. The minimum Gasteiger partial charge on any atom is -0.371 e. The average Bonchev–Trinajstić information content (AvgIpc) is 2.85. The number of carbonyl (C=O) groups excluding carboxylic acids is 2. The summed E-state index contributed by atoms with van der Waals surface area (Å²) < 4.78 is 0. The van der Waals surface area contributed by atoms with E-state index in [-0.39, 0.29) is 11.9 Å². The number of anilines is 2. The minimum atomic E-state index is -0.809. The number of halogens is 1. The van der Waals surface area contributed by atoms with Gasteiger partial charge in [0.1, 0.15) is 6.04 Å². The summed E-state index contributed by atoms with van der Waals surface area (Å²) in [5, 5.41) is 9.27. The Labute approximate surface area is 198 Å². The second-order valence-corrected chi connectivity index (χ2v) is 8.36. The molecule has 0 unspecified atom stereocenters. The van der Waals surface area contributed by atoms with Gasteiger partial charge in [0, 0.05) is 47.9 Å². The van der Waals surface area contributed by atoms with E-state index in [9.17, 15) is 9.59 Å². The molecule has 0 spiro atoms. The van der Waals surface area contributed by atoms with Crippen LogP contribution in [0.15, 0.2) is 79.1 Å². The third kappa shape index (κ3) is 6.23. The summed E-state index contributed by atoms with van der Waals surface area (Å²) in [4.78, 5) is 32.2.